The molecule has 1 aliphatic heterocycles. The number of nitrogens with zero attached hydrogens (tertiary/aromatic N) is 4. The molecule has 0 radical (unpaired) electrons. The first-order chi connectivity index (χ1) is 13.5. The van der Waals surface area contributed by atoms with Crippen molar-refractivity contribution < 1.29 is 24.3 Å². The van der Waals surface area contributed by atoms with Gasteiger partial charge in [0.2, 0.25) is 5.95 Å². The van der Waals surface area contributed by atoms with E-state index in [9.17, 15) is 19.5 Å². The van der Waals surface area contributed by atoms with Gasteiger partial charge in [-0.25, -0.2) is 9.97 Å². The molecule has 0 spiro atoms. The molecule has 11 heteroatoms. The largest absolute Gasteiger partial charge is 0.394 e. The Morgan fingerprint density at radius 3 is 2.61 bits per heavy atom. The van der Waals surface area contributed by atoms with Crippen LogP contribution in [0.3, 0.4) is 0 Å². The first kappa shape index (κ1) is 18.9. The average molecular weight is 405 g/mol. The van der Waals surface area contributed by atoms with Gasteiger partial charge in [-0.15, -0.1) is 0 Å². The van der Waals surface area contributed by atoms with Gasteiger partial charge in [-0.2, -0.15) is 4.98 Å². The summed E-state index contributed by atoms with van der Waals surface area (Å²) in [6.45, 7) is -0.454. The fourth-order valence-corrected chi connectivity index (χ4v) is 4.34. The third-order valence-electron chi connectivity index (χ3n) is 4.55. The van der Waals surface area contributed by atoms with E-state index in [0.29, 0.717) is 0 Å². The lowest BCUT2D eigenvalue weighted by molar-refractivity contribution is -0.0511. The van der Waals surface area contributed by atoms with Gasteiger partial charge in [-0.3, -0.25) is 8.78 Å². The van der Waals surface area contributed by atoms with Gasteiger partial charge in [0, 0.05) is 0 Å². The number of imidazole rings is 1. The molecule has 0 aliphatic carbocycles. The van der Waals surface area contributed by atoms with Crippen molar-refractivity contribution in [2.24, 2.45) is 0 Å². The molecule has 0 amide bonds. The molecule has 1 fully saturated rings. The zero-order valence-electron chi connectivity index (χ0n) is 14.6. The van der Waals surface area contributed by atoms with Crippen LogP contribution in [-0.4, -0.2) is 64.0 Å². The average Bonchev–Trinajstić information content (AvgIpc) is 3.23. The molecule has 3 heterocycles. The monoisotopic (exact) mass is 405 g/mol. The second kappa shape index (κ2) is 7.53. The summed E-state index contributed by atoms with van der Waals surface area (Å²) in [6, 6.07) is 9.30. The van der Waals surface area contributed by atoms with E-state index in [1.807, 2.05) is 30.3 Å². The number of hydrogen-bond acceptors (Lipinski definition) is 9. The molecular formula is C17H19N5O5S. The van der Waals surface area contributed by atoms with E-state index in [2.05, 4.69) is 15.0 Å². The van der Waals surface area contributed by atoms with E-state index in [1.165, 1.54) is 10.9 Å². The highest BCUT2D eigenvalue weighted by Crippen LogP contribution is 2.32. The highest BCUT2D eigenvalue weighted by molar-refractivity contribution is 7.84. The van der Waals surface area contributed by atoms with E-state index in [-0.39, 0.29) is 27.9 Å². The molecule has 0 bridgehead atoms. The van der Waals surface area contributed by atoms with Crippen molar-refractivity contribution in [2.45, 2.75) is 35.3 Å². The van der Waals surface area contributed by atoms with Crippen LogP contribution in [0.4, 0.5) is 5.95 Å². The van der Waals surface area contributed by atoms with E-state index in [0.717, 1.165) is 5.56 Å². The molecule has 148 valence electrons. The maximum absolute atomic E-state index is 12.9. The Labute approximate surface area is 162 Å². The van der Waals surface area contributed by atoms with Gasteiger partial charge in [0.15, 0.2) is 16.9 Å². The van der Waals surface area contributed by atoms with Gasteiger partial charge in [-0.1, -0.05) is 30.3 Å². The smallest absolute Gasteiger partial charge is 0.223 e. The second-order valence-electron chi connectivity index (χ2n) is 6.42. The molecule has 1 aromatic carbocycles. The van der Waals surface area contributed by atoms with Crippen LogP contribution in [0.1, 0.15) is 11.8 Å². The second-order valence-corrected chi connectivity index (χ2v) is 7.78. The summed E-state index contributed by atoms with van der Waals surface area (Å²) in [5, 5.41) is 29.7. The molecule has 10 nitrogen and oxygen atoms in total. The number of aliphatic hydroxyl groups is 3. The Kier molecular flexibility index (Phi) is 5.08. The minimum Gasteiger partial charge on any atom is -0.394 e. The van der Waals surface area contributed by atoms with E-state index in [1.54, 1.807) is 0 Å². The Balaban J connectivity index is 1.72. The number of rotatable bonds is 5. The topological polar surface area (TPSA) is 157 Å². The summed E-state index contributed by atoms with van der Waals surface area (Å²) in [5.74, 6) is 0.130. The van der Waals surface area contributed by atoms with Gasteiger partial charge in [0.1, 0.15) is 23.8 Å². The van der Waals surface area contributed by atoms with Crippen LogP contribution in [0.5, 0.6) is 0 Å². The van der Waals surface area contributed by atoms with Gasteiger partial charge in [0.25, 0.3) is 0 Å². The third kappa shape index (κ3) is 3.27. The van der Waals surface area contributed by atoms with Crippen molar-refractivity contribution >= 4 is 27.9 Å². The lowest BCUT2D eigenvalue weighted by Crippen LogP contribution is -2.33. The van der Waals surface area contributed by atoms with Crippen LogP contribution in [0.2, 0.25) is 0 Å². The van der Waals surface area contributed by atoms with Crippen molar-refractivity contribution in [1.29, 1.82) is 0 Å². The predicted octanol–water partition coefficient (Wildman–Crippen LogP) is -0.672. The number of nitrogens with two attached hydrogens (primary N) is 1. The van der Waals surface area contributed by atoms with Crippen molar-refractivity contribution in [2.75, 3.05) is 12.3 Å². The van der Waals surface area contributed by atoms with E-state index >= 15 is 0 Å². The minimum atomic E-state index is -1.53. The molecule has 5 unspecified atom stereocenters. The van der Waals surface area contributed by atoms with Crippen LogP contribution in [0.15, 0.2) is 41.7 Å². The molecule has 2 aromatic heterocycles. The van der Waals surface area contributed by atoms with Gasteiger partial charge < -0.3 is 25.8 Å². The summed E-state index contributed by atoms with van der Waals surface area (Å²) in [5.41, 5.74) is 7.16. The lowest BCUT2D eigenvalue weighted by atomic mass is 10.1. The summed E-state index contributed by atoms with van der Waals surface area (Å²) >= 11 is 0. The van der Waals surface area contributed by atoms with Crippen LogP contribution >= 0.6 is 0 Å². The molecule has 1 aliphatic rings. The van der Waals surface area contributed by atoms with Crippen molar-refractivity contribution in [3.05, 3.63) is 42.2 Å². The Hall–Kier alpha value is -2.44. The number of aliphatic hydroxyl groups excluding tert-OH is 3. The highest BCUT2D eigenvalue weighted by Gasteiger charge is 2.44. The number of aromatic nitrogens is 4. The zero-order chi connectivity index (χ0) is 19.8. The van der Waals surface area contributed by atoms with Crippen LogP contribution in [0.25, 0.3) is 11.2 Å². The molecular weight excluding hydrogens is 386 g/mol. The van der Waals surface area contributed by atoms with E-state index in [4.69, 9.17) is 10.5 Å². The molecule has 5 N–H and O–H groups in total. The van der Waals surface area contributed by atoms with Crippen molar-refractivity contribution in [3.63, 3.8) is 0 Å². The van der Waals surface area contributed by atoms with Gasteiger partial charge >= 0.3 is 0 Å². The maximum Gasteiger partial charge on any atom is 0.223 e. The summed E-state index contributed by atoms with van der Waals surface area (Å²) in [4.78, 5) is 12.5. The Morgan fingerprint density at radius 2 is 1.93 bits per heavy atom. The molecule has 3 aromatic rings. The predicted molar refractivity (Wildman–Crippen MR) is 99.3 cm³/mol. The van der Waals surface area contributed by atoms with Gasteiger partial charge in [-0.05, 0) is 5.56 Å². The fraction of sp³-hybridized carbons (Fsp3) is 0.353. The normalized spacial score (nSPS) is 26.0. The Morgan fingerprint density at radius 1 is 1.18 bits per heavy atom. The molecule has 1 saturated heterocycles. The molecule has 4 rings (SSSR count). The quantitative estimate of drug-likeness (QED) is 0.404. The molecule has 5 atom stereocenters. The first-order valence-electron chi connectivity index (χ1n) is 8.54. The van der Waals surface area contributed by atoms with Gasteiger partial charge in [0.05, 0.1) is 29.5 Å². The van der Waals surface area contributed by atoms with E-state index < -0.39 is 41.9 Å². The number of hydrogen-bond donors (Lipinski definition) is 4. The molecule has 0 saturated carbocycles. The number of anilines is 1. The third-order valence-corrected chi connectivity index (χ3v) is 5.87. The summed E-state index contributed by atoms with van der Waals surface area (Å²) < 4.78 is 19.8. The highest BCUT2D eigenvalue weighted by atomic mass is 32.2. The lowest BCUT2D eigenvalue weighted by Gasteiger charge is -2.16. The standard InChI is InChI=1S/C17H19N5O5S/c18-17-20-14-11(15(21-17)28(26)7-9-4-2-1-3-5-9)19-8-22(14)16-13(25)12(24)10(6-23)27-16/h1-5,8,10,12-13,16,23-25H,6-7H2,(H2,18,20,21). The Bertz CT molecular complexity index is 1010. The van der Waals surface area contributed by atoms with Crippen LogP contribution in [-0.2, 0) is 21.3 Å². The minimum absolute atomic E-state index is 0.0996. The number of ether oxygens (including phenoxy) is 1. The number of benzene rings is 1. The van der Waals surface area contributed by atoms with Crippen LogP contribution < -0.4 is 5.73 Å². The fourth-order valence-electron chi connectivity index (χ4n) is 3.16. The summed E-state index contributed by atoms with van der Waals surface area (Å²) in [7, 11) is -1.53. The zero-order valence-corrected chi connectivity index (χ0v) is 15.4. The molecule has 28 heavy (non-hydrogen) atoms. The van der Waals surface area contributed by atoms with Crippen molar-refractivity contribution in [1.82, 2.24) is 19.5 Å². The van der Waals surface area contributed by atoms with Crippen LogP contribution in [0, 0.1) is 0 Å². The number of fused-ring (bicyclic) bond motifs is 1. The SMILES string of the molecule is Nc1nc(S(=O)Cc2ccccc2)c2ncn(C3OC(CO)C(O)C3O)c2n1. The maximum atomic E-state index is 12.9. The first-order valence-corrected chi connectivity index (χ1v) is 9.86. The summed E-state index contributed by atoms with van der Waals surface area (Å²) in [6.07, 6.45) is -3.19. The van der Waals surface area contributed by atoms with Crippen molar-refractivity contribution in [3.8, 4) is 0 Å². The number of nitrogen functional groups attached to an aromatic ring is 1.